The second-order valence-electron chi connectivity index (χ2n) is 1.93. The highest BCUT2D eigenvalue weighted by atomic mass is 16.2. The second kappa shape index (κ2) is 4.43. The smallest absolute Gasteiger partial charge is 0.249 e. The van der Waals surface area contributed by atoms with Gasteiger partial charge in [-0.05, 0) is 0 Å². The largest absolute Gasteiger partial charge is 0.357 e. The summed E-state index contributed by atoms with van der Waals surface area (Å²) in [4.78, 5) is 31.3. The lowest BCUT2D eigenvalue weighted by atomic mass is 10.3. The van der Waals surface area contributed by atoms with Gasteiger partial charge in [-0.2, -0.15) is 0 Å². The van der Waals surface area contributed by atoms with Gasteiger partial charge < -0.3 is 15.4 Å². The van der Waals surface area contributed by atoms with E-state index in [9.17, 15) is 14.4 Å². The molecule has 0 spiro atoms. The fourth-order valence-corrected chi connectivity index (χ4v) is 0.536. The standard InChI is InChI=1S/C6H10N2O3/c1-4(10)8-5(3-9)6(11)7-2/h3,5H,1-2H3,(H,7,11)(H,8,10)/t5-/m0/s1. The minimum Gasteiger partial charge on any atom is -0.357 e. The van der Waals surface area contributed by atoms with Crippen molar-refractivity contribution in [3.63, 3.8) is 0 Å². The van der Waals surface area contributed by atoms with Crippen molar-refractivity contribution in [3.05, 3.63) is 0 Å². The van der Waals surface area contributed by atoms with Crippen LogP contribution in [0.5, 0.6) is 0 Å². The number of carbonyl (C=O) groups is 3. The first-order chi connectivity index (χ1) is 5.11. The molecule has 0 aliphatic rings. The Morgan fingerprint density at radius 1 is 1.45 bits per heavy atom. The Morgan fingerprint density at radius 2 is 2.00 bits per heavy atom. The van der Waals surface area contributed by atoms with Gasteiger partial charge in [-0.25, -0.2) is 0 Å². The van der Waals surface area contributed by atoms with Gasteiger partial charge in [0.15, 0.2) is 12.3 Å². The minimum atomic E-state index is -1.07. The van der Waals surface area contributed by atoms with Gasteiger partial charge in [0.1, 0.15) is 0 Å². The predicted molar refractivity (Wildman–Crippen MR) is 37.7 cm³/mol. The predicted octanol–water partition coefficient (Wildman–Crippen LogP) is -1.56. The van der Waals surface area contributed by atoms with Crippen molar-refractivity contribution in [2.24, 2.45) is 0 Å². The van der Waals surface area contributed by atoms with Gasteiger partial charge in [0, 0.05) is 14.0 Å². The van der Waals surface area contributed by atoms with E-state index in [0.717, 1.165) is 0 Å². The molecule has 0 fully saturated rings. The van der Waals surface area contributed by atoms with Crippen LogP contribution < -0.4 is 10.6 Å². The molecule has 0 saturated carbocycles. The molecule has 0 saturated heterocycles. The third kappa shape index (κ3) is 3.34. The quantitative estimate of drug-likeness (QED) is 0.385. The van der Waals surface area contributed by atoms with E-state index in [-0.39, 0.29) is 0 Å². The highest BCUT2D eigenvalue weighted by Crippen LogP contribution is 1.77. The molecule has 0 rings (SSSR count). The van der Waals surface area contributed by atoms with E-state index in [0.29, 0.717) is 6.29 Å². The molecule has 5 nitrogen and oxygen atoms in total. The summed E-state index contributed by atoms with van der Waals surface area (Å²) < 4.78 is 0. The summed E-state index contributed by atoms with van der Waals surface area (Å²) in [6.45, 7) is 1.24. The van der Waals surface area contributed by atoms with Gasteiger partial charge in [0.2, 0.25) is 11.8 Å². The molecule has 0 bridgehead atoms. The number of likely N-dealkylation sites (N-methyl/N-ethyl adjacent to an activating group) is 1. The summed E-state index contributed by atoms with van der Waals surface area (Å²) in [6, 6.07) is -1.07. The molecule has 5 heteroatoms. The zero-order valence-corrected chi connectivity index (χ0v) is 6.38. The van der Waals surface area contributed by atoms with Crippen LogP contribution in [0.15, 0.2) is 0 Å². The van der Waals surface area contributed by atoms with Gasteiger partial charge in [-0.15, -0.1) is 0 Å². The lowest BCUT2D eigenvalue weighted by Crippen LogP contribution is -2.45. The van der Waals surface area contributed by atoms with E-state index in [1.807, 2.05) is 0 Å². The maximum atomic E-state index is 10.7. The average molecular weight is 158 g/mol. The SMILES string of the molecule is CNC(=O)[C@H](C=O)NC(C)=O. The molecule has 2 amide bonds. The molecule has 1 atom stereocenters. The molecule has 0 aromatic carbocycles. The van der Waals surface area contributed by atoms with Crippen LogP contribution in [0.1, 0.15) is 6.92 Å². The van der Waals surface area contributed by atoms with Gasteiger partial charge in [0.25, 0.3) is 0 Å². The fourth-order valence-electron chi connectivity index (χ4n) is 0.536. The van der Waals surface area contributed by atoms with Crippen LogP contribution in [-0.4, -0.2) is 31.2 Å². The van der Waals surface area contributed by atoms with Gasteiger partial charge in [-0.1, -0.05) is 0 Å². The molecular weight excluding hydrogens is 148 g/mol. The van der Waals surface area contributed by atoms with E-state index in [1.165, 1.54) is 14.0 Å². The maximum Gasteiger partial charge on any atom is 0.249 e. The van der Waals surface area contributed by atoms with Crippen molar-refractivity contribution < 1.29 is 14.4 Å². The highest BCUT2D eigenvalue weighted by Gasteiger charge is 2.15. The fraction of sp³-hybridized carbons (Fsp3) is 0.500. The maximum absolute atomic E-state index is 10.7. The Morgan fingerprint density at radius 3 is 2.27 bits per heavy atom. The first-order valence-electron chi connectivity index (χ1n) is 3.05. The van der Waals surface area contributed by atoms with Crippen LogP contribution in [0.2, 0.25) is 0 Å². The molecule has 0 unspecified atom stereocenters. The van der Waals surface area contributed by atoms with Crippen LogP contribution in [-0.2, 0) is 14.4 Å². The van der Waals surface area contributed by atoms with Crippen molar-refractivity contribution in [2.75, 3.05) is 7.05 Å². The van der Waals surface area contributed by atoms with Crippen molar-refractivity contribution in [1.29, 1.82) is 0 Å². The summed E-state index contributed by atoms with van der Waals surface area (Å²) in [6.07, 6.45) is 0.375. The van der Waals surface area contributed by atoms with Crippen molar-refractivity contribution >= 4 is 18.1 Å². The van der Waals surface area contributed by atoms with E-state index in [2.05, 4.69) is 10.6 Å². The first-order valence-corrected chi connectivity index (χ1v) is 3.05. The van der Waals surface area contributed by atoms with Gasteiger partial charge in [-0.3, -0.25) is 9.59 Å². The van der Waals surface area contributed by atoms with Crippen LogP contribution in [0.25, 0.3) is 0 Å². The Kier molecular flexibility index (Phi) is 3.87. The molecule has 0 heterocycles. The van der Waals surface area contributed by atoms with Crippen LogP contribution in [0.4, 0.5) is 0 Å². The molecule has 0 radical (unpaired) electrons. The number of hydrogen-bond acceptors (Lipinski definition) is 3. The number of hydrogen-bond donors (Lipinski definition) is 2. The molecule has 0 aliphatic carbocycles. The Hall–Kier alpha value is -1.39. The molecule has 0 aromatic heterocycles. The number of amides is 2. The summed E-state index contributed by atoms with van der Waals surface area (Å²) >= 11 is 0. The lowest BCUT2D eigenvalue weighted by Gasteiger charge is -2.07. The summed E-state index contributed by atoms with van der Waals surface area (Å²) in [7, 11) is 1.39. The number of carbonyl (C=O) groups excluding carboxylic acids is 3. The molecule has 0 aliphatic heterocycles. The molecule has 11 heavy (non-hydrogen) atoms. The third-order valence-corrected chi connectivity index (χ3v) is 1.02. The Labute approximate surface area is 64.1 Å². The zero-order chi connectivity index (χ0) is 8.85. The zero-order valence-electron chi connectivity index (χ0n) is 6.38. The van der Waals surface area contributed by atoms with Gasteiger partial charge >= 0.3 is 0 Å². The molecular formula is C6H10N2O3. The topological polar surface area (TPSA) is 75.3 Å². The first kappa shape index (κ1) is 9.61. The van der Waals surface area contributed by atoms with Crippen LogP contribution in [0, 0.1) is 0 Å². The van der Waals surface area contributed by atoms with Crippen molar-refractivity contribution in [2.45, 2.75) is 13.0 Å². The number of nitrogens with one attached hydrogen (secondary N) is 2. The van der Waals surface area contributed by atoms with Gasteiger partial charge in [0.05, 0.1) is 0 Å². The summed E-state index contributed by atoms with van der Waals surface area (Å²) in [5.74, 6) is -0.930. The average Bonchev–Trinajstić information content (AvgIpc) is 1.98. The summed E-state index contributed by atoms with van der Waals surface area (Å²) in [5, 5.41) is 4.40. The van der Waals surface area contributed by atoms with E-state index < -0.39 is 17.9 Å². The monoisotopic (exact) mass is 158 g/mol. The molecule has 62 valence electrons. The van der Waals surface area contributed by atoms with Crippen molar-refractivity contribution in [3.8, 4) is 0 Å². The Balaban J connectivity index is 4.05. The molecule has 0 aromatic rings. The van der Waals surface area contributed by atoms with Crippen LogP contribution in [0.3, 0.4) is 0 Å². The van der Waals surface area contributed by atoms with E-state index >= 15 is 0 Å². The Bertz CT molecular complexity index is 179. The molecule has 2 N–H and O–H groups in total. The highest BCUT2D eigenvalue weighted by molar-refractivity contribution is 5.98. The third-order valence-electron chi connectivity index (χ3n) is 1.02. The number of aldehydes is 1. The second-order valence-corrected chi connectivity index (χ2v) is 1.93. The van der Waals surface area contributed by atoms with Crippen LogP contribution >= 0.6 is 0 Å². The summed E-state index contributed by atoms with van der Waals surface area (Å²) in [5.41, 5.74) is 0. The minimum absolute atomic E-state index is 0.375. The normalized spacial score (nSPS) is 11.5. The van der Waals surface area contributed by atoms with E-state index in [4.69, 9.17) is 0 Å². The van der Waals surface area contributed by atoms with E-state index in [1.54, 1.807) is 0 Å². The number of rotatable bonds is 3. The van der Waals surface area contributed by atoms with Crippen molar-refractivity contribution in [1.82, 2.24) is 10.6 Å². The lowest BCUT2D eigenvalue weighted by molar-refractivity contribution is -0.131.